The van der Waals surface area contributed by atoms with Gasteiger partial charge >= 0.3 is 0 Å². The topological polar surface area (TPSA) is 94.0 Å². The van der Waals surface area contributed by atoms with Crippen LogP contribution >= 0.6 is 15.9 Å². The molecule has 1 heterocycles. The van der Waals surface area contributed by atoms with Crippen LogP contribution < -0.4 is 11.1 Å². The summed E-state index contributed by atoms with van der Waals surface area (Å²) in [7, 11) is 0. The number of nitrogens with zero attached hydrogens (tertiary/aromatic N) is 2. The van der Waals surface area contributed by atoms with Gasteiger partial charge in [0.1, 0.15) is 0 Å². The largest absolute Gasteiger partial charge is 0.419 e. The Hall–Kier alpha value is -1.73. The van der Waals surface area contributed by atoms with Crippen molar-refractivity contribution < 1.29 is 9.21 Å². The van der Waals surface area contributed by atoms with Crippen molar-refractivity contribution in [3.8, 4) is 11.5 Å². The van der Waals surface area contributed by atoms with Crippen molar-refractivity contribution in [1.29, 1.82) is 0 Å². The maximum Gasteiger partial charge on any atom is 0.248 e. The fraction of sp³-hybridized carbons (Fsp3) is 0.357. The fourth-order valence-electron chi connectivity index (χ4n) is 1.88. The summed E-state index contributed by atoms with van der Waals surface area (Å²) in [5.74, 6) is 0.553. The molecule has 0 aliphatic rings. The minimum Gasteiger partial charge on any atom is -0.419 e. The quantitative estimate of drug-likeness (QED) is 0.831. The highest BCUT2D eigenvalue weighted by Gasteiger charge is 2.21. The Bertz CT molecular complexity index is 639. The van der Waals surface area contributed by atoms with E-state index in [4.69, 9.17) is 10.2 Å². The zero-order valence-corrected chi connectivity index (χ0v) is 13.5. The maximum absolute atomic E-state index is 11.0. The molecule has 0 aliphatic carbocycles. The molecule has 0 bridgehead atoms. The molecule has 6 nitrogen and oxygen atoms in total. The number of hydrogen-bond donors (Lipinski definition) is 2. The molecule has 2 rings (SSSR count). The molecule has 3 N–H and O–H groups in total. The van der Waals surface area contributed by atoms with E-state index in [1.807, 2.05) is 38.1 Å². The molecule has 0 atom stereocenters. The van der Waals surface area contributed by atoms with Crippen LogP contribution in [0.1, 0.15) is 26.2 Å². The summed E-state index contributed by atoms with van der Waals surface area (Å²) in [5.41, 5.74) is 5.63. The second-order valence-electron chi connectivity index (χ2n) is 5.36. The van der Waals surface area contributed by atoms with Crippen LogP contribution in [0.5, 0.6) is 0 Å². The Kier molecular flexibility index (Phi) is 4.74. The number of hydrogen-bond acceptors (Lipinski definition) is 5. The Morgan fingerprint density at radius 2 is 2.10 bits per heavy atom. The number of halogens is 1. The highest BCUT2D eigenvalue weighted by Crippen LogP contribution is 2.26. The molecular formula is C14H17BrN4O2. The van der Waals surface area contributed by atoms with E-state index in [2.05, 4.69) is 31.4 Å². The summed E-state index contributed by atoms with van der Waals surface area (Å²) < 4.78 is 6.51. The van der Waals surface area contributed by atoms with Crippen LogP contribution in [0.3, 0.4) is 0 Å². The highest BCUT2D eigenvalue weighted by atomic mass is 79.9. The molecule has 1 amide bonds. The van der Waals surface area contributed by atoms with E-state index in [0.29, 0.717) is 18.3 Å². The Balaban J connectivity index is 2.04. The number of primary amides is 1. The zero-order chi connectivity index (χ0) is 15.5. The van der Waals surface area contributed by atoms with Gasteiger partial charge in [-0.1, -0.05) is 12.1 Å². The number of benzene rings is 1. The van der Waals surface area contributed by atoms with E-state index in [1.165, 1.54) is 0 Å². The van der Waals surface area contributed by atoms with Crippen LogP contribution in [0, 0.1) is 0 Å². The lowest BCUT2D eigenvalue weighted by Crippen LogP contribution is -2.42. The first-order valence-corrected chi connectivity index (χ1v) is 7.27. The SMILES string of the molecule is CC(C)(CC(N)=O)NCc1nnc(-c2ccccc2Br)o1. The highest BCUT2D eigenvalue weighted by molar-refractivity contribution is 9.10. The van der Waals surface area contributed by atoms with E-state index in [9.17, 15) is 4.79 Å². The summed E-state index contributed by atoms with van der Waals surface area (Å²) in [6.07, 6.45) is 0.234. The standard InChI is InChI=1S/C14H17BrN4O2/c1-14(2,7-11(16)20)17-8-12-18-19-13(21-12)9-5-3-4-6-10(9)15/h3-6,17H,7-8H2,1-2H3,(H2,16,20). The molecule has 0 saturated heterocycles. The number of carbonyl (C=O) groups is 1. The molecule has 0 spiro atoms. The summed E-state index contributed by atoms with van der Waals surface area (Å²) >= 11 is 3.45. The molecule has 0 fully saturated rings. The van der Waals surface area contributed by atoms with Crippen LogP contribution in [0.15, 0.2) is 33.2 Å². The Labute approximate surface area is 131 Å². The maximum atomic E-state index is 11.0. The van der Waals surface area contributed by atoms with Crippen molar-refractivity contribution in [2.24, 2.45) is 5.73 Å². The van der Waals surface area contributed by atoms with Gasteiger partial charge in [0.25, 0.3) is 0 Å². The van der Waals surface area contributed by atoms with Gasteiger partial charge in [-0.2, -0.15) is 0 Å². The average molecular weight is 353 g/mol. The summed E-state index contributed by atoms with van der Waals surface area (Å²) in [5, 5.41) is 11.2. The number of nitrogens with one attached hydrogen (secondary N) is 1. The summed E-state index contributed by atoms with van der Waals surface area (Å²) in [4.78, 5) is 11.0. The van der Waals surface area contributed by atoms with E-state index >= 15 is 0 Å². The monoisotopic (exact) mass is 352 g/mol. The van der Waals surface area contributed by atoms with Gasteiger partial charge in [0.2, 0.25) is 17.7 Å². The summed E-state index contributed by atoms with van der Waals surface area (Å²) in [6.45, 7) is 4.16. The molecule has 7 heteroatoms. The van der Waals surface area contributed by atoms with Crippen molar-refractivity contribution in [3.63, 3.8) is 0 Å². The Morgan fingerprint density at radius 1 is 1.38 bits per heavy atom. The van der Waals surface area contributed by atoms with Gasteiger partial charge in [-0.15, -0.1) is 10.2 Å². The molecule has 0 unspecified atom stereocenters. The van der Waals surface area contributed by atoms with E-state index < -0.39 is 5.54 Å². The zero-order valence-electron chi connectivity index (χ0n) is 11.9. The van der Waals surface area contributed by atoms with E-state index in [-0.39, 0.29) is 12.3 Å². The summed E-state index contributed by atoms with van der Waals surface area (Å²) in [6, 6.07) is 7.62. The molecule has 21 heavy (non-hydrogen) atoms. The van der Waals surface area contributed by atoms with Crippen molar-refractivity contribution >= 4 is 21.8 Å². The predicted molar refractivity (Wildman–Crippen MR) is 82.2 cm³/mol. The number of aromatic nitrogens is 2. The van der Waals surface area contributed by atoms with Gasteiger partial charge in [-0.25, -0.2) is 0 Å². The van der Waals surface area contributed by atoms with Gasteiger partial charge in [0, 0.05) is 16.4 Å². The van der Waals surface area contributed by atoms with Crippen LogP contribution in [0.25, 0.3) is 11.5 Å². The Morgan fingerprint density at radius 3 is 2.76 bits per heavy atom. The molecule has 2 aromatic rings. The smallest absolute Gasteiger partial charge is 0.248 e. The molecule has 1 aromatic carbocycles. The first-order valence-electron chi connectivity index (χ1n) is 6.48. The first kappa shape index (κ1) is 15.7. The third-order valence-electron chi connectivity index (χ3n) is 2.91. The third kappa shape index (κ3) is 4.37. The fourth-order valence-corrected chi connectivity index (χ4v) is 2.34. The molecule has 112 valence electrons. The lowest BCUT2D eigenvalue weighted by atomic mass is 10.0. The van der Waals surface area contributed by atoms with Gasteiger partial charge in [0.15, 0.2) is 0 Å². The number of carbonyl (C=O) groups excluding carboxylic acids is 1. The van der Waals surface area contributed by atoms with Crippen molar-refractivity contribution in [1.82, 2.24) is 15.5 Å². The molecular weight excluding hydrogens is 336 g/mol. The number of amides is 1. The second kappa shape index (κ2) is 6.36. The minimum absolute atomic E-state index is 0.234. The lowest BCUT2D eigenvalue weighted by molar-refractivity contribution is -0.119. The van der Waals surface area contributed by atoms with Gasteiger partial charge in [-0.05, 0) is 41.9 Å². The molecule has 0 saturated carbocycles. The van der Waals surface area contributed by atoms with Crippen molar-refractivity contribution in [2.45, 2.75) is 32.4 Å². The predicted octanol–water partition coefficient (Wildman–Crippen LogP) is 2.24. The molecule has 0 radical (unpaired) electrons. The van der Waals surface area contributed by atoms with Crippen LogP contribution in [-0.2, 0) is 11.3 Å². The van der Waals surface area contributed by atoms with E-state index in [1.54, 1.807) is 0 Å². The minimum atomic E-state index is -0.423. The van der Waals surface area contributed by atoms with Crippen molar-refractivity contribution in [2.75, 3.05) is 0 Å². The molecule has 0 aliphatic heterocycles. The van der Waals surface area contributed by atoms with Crippen LogP contribution in [0.2, 0.25) is 0 Å². The van der Waals surface area contributed by atoms with Crippen LogP contribution in [-0.4, -0.2) is 21.6 Å². The van der Waals surface area contributed by atoms with E-state index in [0.717, 1.165) is 10.0 Å². The second-order valence-corrected chi connectivity index (χ2v) is 6.22. The van der Waals surface area contributed by atoms with Crippen LogP contribution in [0.4, 0.5) is 0 Å². The lowest BCUT2D eigenvalue weighted by Gasteiger charge is -2.23. The molecule has 1 aromatic heterocycles. The van der Waals surface area contributed by atoms with Gasteiger partial charge < -0.3 is 15.5 Å². The van der Waals surface area contributed by atoms with Gasteiger partial charge in [-0.3, -0.25) is 4.79 Å². The number of rotatable bonds is 6. The normalized spacial score (nSPS) is 11.6. The van der Waals surface area contributed by atoms with Crippen molar-refractivity contribution in [3.05, 3.63) is 34.6 Å². The third-order valence-corrected chi connectivity index (χ3v) is 3.60. The average Bonchev–Trinajstić information content (AvgIpc) is 2.84. The first-order chi connectivity index (χ1) is 9.87. The number of nitrogens with two attached hydrogens (primary N) is 1. The van der Waals surface area contributed by atoms with Gasteiger partial charge in [0.05, 0.1) is 12.1 Å².